The van der Waals surface area contributed by atoms with E-state index in [1.807, 2.05) is 13.8 Å². The minimum Gasteiger partial charge on any atom is -0.480 e. The van der Waals surface area contributed by atoms with E-state index in [9.17, 15) is 4.79 Å². The van der Waals surface area contributed by atoms with Gasteiger partial charge in [0.1, 0.15) is 17.7 Å². The van der Waals surface area contributed by atoms with Crippen LogP contribution in [0.3, 0.4) is 0 Å². The van der Waals surface area contributed by atoms with Gasteiger partial charge in [0.05, 0.1) is 0 Å². The highest BCUT2D eigenvalue weighted by atomic mass is 16.4. The number of carboxylic acid groups (broad SMARTS) is 1. The van der Waals surface area contributed by atoms with Crippen LogP contribution < -0.4 is 0 Å². The fourth-order valence-corrected chi connectivity index (χ4v) is 1.57. The predicted molar refractivity (Wildman–Crippen MR) is 51.0 cm³/mol. The maximum atomic E-state index is 11.1. The van der Waals surface area contributed by atoms with E-state index < -0.39 is 12.0 Å². The highest BCUT2D eigenvalue weighted by Gasteiger charge is 2.26. The molecule has 1 aromatic heterocycles. The molecular weight excluding hydrogens is 182 g/mol. The van der Waals surface area contributed by atoms with Gasteiger partial charge in [0.2, 0.25) is 0 Å². The topological polar surface area (TPSA) is 68.0 Å². The van der Waals surface area contributed by atoms with Crippen molar-refractivity contribution in [2.24, 2.45) is 5.92 Å². The van der Waals surface area contributed by atoms with Gasteiger partial charge in [-0.05, 0) is 19.8 Å². The normalized spacial score (nSPS) is 13.2. The molecule has 14 heavy (non-hydrogen) atoms. The zero-order valence-corrected chi connectivity index (χ0v) is 8.85. The molecular formula is C9H15N3O2. The van der Waals surface area contributed by atoms with Crippen LogP contribution in [0.1, 0.15) is 31.5 Å². The maximum absolute atomic E-state index is 11.1. The van der Waals surface area contributed by atoms with Crippen LogP contribution in [-0.4, -0.2) is 25.8 Å². The van der Waals surface area contributed by atoms with Crippen LogP contribution in [0.15, 0.2) is 0 Å². The standard InChI is InChI=1S/C9H15N3O2/c1-5(2)8(9(13)14)12-6(3)10-11-7(12)4/h5,8H,1-4H3,(H,13,14). The molecule has 0 fully saturated rings. The summed E-state index contributed by atoms with van der Waals surface area (Å²) in [6, 6.07) is -0.579. The molecule has 0 spiro atoms. The summed E-state index contributed by atoms with van der Waals surface area (Å²) < 4.78 is 1.66. The van der Waals surface area contributed by atoms with E-state index in [1.165, 1.54) is 0 Å². The largest absolute Gasteiger partial charge is 0.480 e. The van der Waals surface area contributed by atoms with Crippen molar-refractivity contribution in [2.75, 3.05) is 0 Å². The van der Waals surface area contributed by atoms with Crippen molar-refractivity contribution < 1.29 is 9.90 Å². The van der Waals surface area contributed by atoms with Crippen LogP contribution in [-0.2, 0) is 4.79 Å². The second kappa shape index (κ2) is 3.77. The fraction of sp³-hybridized carbons (Fsp3) is 0.667. The summed E-state index contributed by atoms with van der Waals surface area (Å²) in [6.45, 7) is 7.27. The van der Waals surface area contributed by atoms with E-state index in [4.69, 9.17) is 5.11 Å². The third kappa shape index (κ3) is 1.76. The van der Waals surface area contributed by atoms with Gasteiger partial charge in [-0.2, -0.15) is 0 Å². The third-order valence-electron chi connectivity index (χ3n) is 2.20. The smallest absolute Gasteiger partial charge is 0.327 e. The van der Waals surface area contributed by atoms with Gasteiger partial charge < -0.3 is 9.67 Å². The number of aromatic nitrogens is 3. The van der Waals surface area contributed by atoms with E-state index in [-0.39, 0.29) is 5.92 Å². The lowest BCUT2D eigenvalue weighted by atomic mass is 10.0. The lowest BCUT2D eigenvalue weighted by molar-refractivity contribution is -0.142. The molecule has 0 aliphatic carbocycles. The van der Waals surface area contributed by atoms with Crippen LogP contribution in [0.2, 0.25) is 0 Å². The van der Waals surface area contributed by atoms with Crippen molar-refractivity contribution in [3.63, 3.8) is 0 Å². The molecule has 1 heterocycles. The molecule has 0 bridgehead atoms. The van der Waals surface area contributed by atoms with Gasteiger partial charge in [0.25, 0.3) is 0 Å². The van der Waals surface area contributed by atoms with Gasteiger partial charge in [0.15, 0.2) is 0 Å². The molecule has 0 aliphatic heterocycles. The molecule has 1 atom stereocenters. The maximum Gasteiger partial charge on any atom is 0.327 e. The molecule has 1 N–H and O–H groups in total. The minimum atomic E-state index is -0.842. The lowest BCUT2D eigenvalue weighted by Crippen LogP contribution is -2.26. The van der Waals surface area contributed by atoms with Crippen LogP contribution >= 0.6 is 0 Å². The Morgan fingerprint density at radius 3 is 2.00 bits per heavy atom. The second-order valence-electron chi connectivity index (χ2n) is 3.69. The highest BCUT2D eigenvalue weighted by molar-refractivity contribution is 5.72. The van der Waals surface area contributed by atoms with Crippen LogP contribution in [0, 0.1) is 19.8 Å². The first kappa shape index (κ1) is 10.7. The molecule has 1 rings (SSSR count). The number of rotatable bonds is 3. The SMILES string of the molecule is Cc1nnc(C)n1C(C(=O)O)C(C)C. The predicted octanol–water partition coefficient (Wildman–Crippen LogP) is 1.18. The van der Waals surface area contributed by atoms with Gasteiger partial charge >= 0.3 is 5.97 Å². The summed E-state index contributed by atoms with van der Waals surface area (Å²) in [5.74, 6) is 0.458. The zero-order valence-electron chi connectivity index (χ0n) is 8.85. The van der Waals surface area contributed by atoms with Gasteiger partial charge in [-0.25, -0.2) is 4.79 Å². The zero-order chi connectivity index (χ0) is 10.9. The van der Waals surface area contributed by atoms with Crippen LogP contribution in [0.5, 0.6) is 0 Å². The lowest BCUT2D eigenvalue weighted by Gasteiger charge is -2.19. The summed E-state index contributed by atoms with van der Waals surface area (Å²) in [5, 5.41) is 16.8. The number of carbonyl (C=O) groups is 1. The van der Waals surface area contributed by atoms with Crippen molar-refractivity contribution in [3.05, 3.63) is 11.6 Å². The highest BCUT2D eigenvalue weighted by Crippen LogP contribution is 2.20. The Hall–Kier alpha value is -1.39. The summed E-state index contributed by atoms with van der Waals surface area (Å²) in [6.07, 6.45) is 0. The average molecular weight is 197 g/mol. The summed E-state index contributed by atoms with van der Waals surface area (Å²) in [4.78, 5) is 11.1. The van der Waals surface area contributed by atoms with Crippen LogP contribution in [0.25, 0.3) is 0 Å². The Morgan fingerprint density at radius 1 is 1.29 bits per heavy atom. The van der Waals surface area contributed by atoms with E-state index in [2.05, 4.69) is 10.2 Å². The molecule has 5 heteroatoms. The Balaban J connectivity index is 3.17. The summed E-state index contributed by atoms with van der Waals surface area (Å²) in [7, 11) is 0. The van der Waals surface area contributed by atoms with Crippen LogP contribution in [0.4, 0.5) is 0 Å². The van der Waals surface area contributed by atoms with Crippen molar-refractivity contribution >= 4 is 5.97 Å². The summed E-state index contributed by atoms with van der Waals surface area (Å²) >= 11 is 0. The van der Waals surface area contributed by atoms with E-state index in [1.54, 1.807) is 18.4 Å². The molecule has 0 amide bonds. The van der Waals surface area contributed by atoms with Crippen molar-refractivity contribution in [2.45, 2.75) is 33.7 Å². The van der Waals surface area contributed by atoms with E-state index >= 15 is 0 Å². The number of hydrogen-bond acceptors (Lipinski definition) is 3. The minimum absolute atomic E-state index is 0.0147. The molecule has 78 valence electrons. The fourth-order valence-electron chi connectivity index (χ4n) is 1.57. The van der Waals surface area contributed by atoms with Gasteiger partial charge in [-0.1, -0.05) is 13.8 Å². The first-order chi connectivity index (χ1) is 6.45. The molecule has 0 aliphatic rings. The third-order valence-corrected chi connectivity index (χ3v) is 2.20. The average Bonchev–Trinajstić information content (AvgIpc) is 2.34. The molecule has 0 aromatic carbocycles. The molecule has 0 saturated heterocycles. The van der Waals surface area contributed by atoms with Gasteiger partial charge in [0, 0.05) is 0 Å². The Kier molecular flexibility index (Phi) is 2.88. The number of aryl methyl sites for hydroxylation is 2. The van der Waals surface area contributed by atoms with E-state index in [0.29, 0.717) is 11.6 Å². The Bertz CT molecular complexity index is 324. The van der Waals surface area contributed by atoms with Gasteiger partial charge in [-0.15, -0.1) is 10.2 Å². The Morgan fingerprint density at radius 2 is 1.71 bits per heavy atom. The van der Waals surface area contributed by atoms with Crippen molar-refractivity contribution in [1.29, 1.82) is 0 Å². The molecule has 5 nitrogen and oxygen atoms in total. The van der Waals surface area contributed by atoms with E-state index in [0.717, 1.165) is 0 Å². The number of carboxylic acids is 1. The number of hydrogen-bond donors (Lipinski definition) is 1. The number of aliphatic carboxylic acids is 1. The number of nitrogens with zero attached hydrogens (tertiary/aromatic N) is 3. The molecule has 0 radical (unpaired) electrons. The quantitative estimate of drug-likeness (QED) is 0.790. The van der Waals surface area contributed by atoms with Crippen molar-refractivity contribution in [1.82, 2.24) is 14.8 Å². The first-order valence-electron chi connectivity index (χ1n) is 4.56. The second-order valence-corrected chi connectivity index (χ2v) is 3.69. The molecule has 1 unspecified atom stereocenters. The molecule has 0 saturated carbocycles. The van der Waals surface area contributed by atoms with Crippen molar-refractivity contribution in [3.8, 4) is 0 Å². The van der Waals surface area contributed by atoms with Gasteiger partial charge in [-0.3, -0.25) is 0 Å². The Labute approximate surface area is 82.8 Å². The summed E-state index contributed by atoms with van der Waals surface area (Å²) in [5.41, 5.74) is 0. The first-order valence-corrected chi connectivity index (χ1v) is 4.56. The monoisotopic (exact) mass is 197 g/mol. The molecule has 1 aromatic rings.